The Morgan fingerprint density at radius 2 is 2.00 bits per heavy atom. The van der Waals surface area contributed by atoms with Crippen molar-refractivity contribution in [2.45, 2.75) is 45.2 Å². The van der Waals surface area contributed by atoms with Crippen LogP contribution in [0, 0.1) is 11.6 Å². The van der Waals surface area contributed by atoms with Gasteiger partial charge in [-0.3, -0.25) is 4.79 Å². The molecule has 1 aliphatic heterocycles. The number of halogens is 2. The first-order chi connectivity index (χ1) is 10.9. The molecule has 1 fully saturated rings. The Morgan fingerprint density at radius 1 is 1.30 bits per heavy atom. The molecule has 1 aromatic heterocycles. The van der Waals surface area contributed by atoms with Crippen LogP contribution >= 0.6 is 0 Å². The van der Waals surface area contributed by atoms with Crippen molar-refractivity contribution in [3.8, 4) is 0 Å². The minimum absolute atomic E-state index is 0.0935. The van der Waals surface area contributed by atoms with Gasteiger partial charge in [0.05, 0.1) is 0 Å². The van der Waals surface area contributed by atoms with E-state index in [1.165, 1.54) is 17.0 Å². The van der Waals surface area contributed by atoms with Crippen LogP contribution in [0.1, 0.15) is 55.9 Å². The number of hydrogen-bond acceptors (Lipinski definition) is 4. The Labute approximate surface area is 132 Å². The molecule has 0 radical (unpaired) electrons. The normalized spacial score (nSPS) is 18.2. The summed E-state index contributed by atoms with van der Waals surface area (Å²) in [7, 11) is 0. The van der Waals surface area contributed by atoms with Crippen LogP contribution in [0.2, 0.25) is 0 Å². The first kappa shape index (κ1) is 15.6. The van der Waals surface area contributed by atoms with Crippen LogP contribution in [-0.2, 0) is 11.3 Å². The zero-order valence-electron chi connectivity index (χ0n) is 12.9. The molecule has 23 heavy (non-hydrogen) atoms. The third kappa shape index (κ3) is 3.23. The van der Waals surface area contributed by atoms with Gasteiger partial charge in [0.25, 0.3) is 0 Å². The zero-order chi connectivity index (χ0) is 16.6. The minimum Gasteiger partial charge on any atom is -0.337 e. The van der Waals surface area contributed by atoms with Crippen molar-refractivity contribution in [1.82, 2.24) is 15.0 Å². The van der Waals surface area contributed by atoms with E-state index in [9.17, 15) is 13.6 Å². The number of benzene rings is 1. The molecule has 0 saturated carbocycles. The summed E-state index contributed by atoms with van der Waals surface area (Å²) in [5.41, 5.74) is 0.395. The highest BCUT2D eigenvalue weighted by Crippen LogP contribution is 2.33. The molecular formula is C16H17F2N3O2. The van der Waals surface area contributed by atoms with E-state index in [0.717, 1.165) is 6.07 Å². The van der Waals surface area contributed by atoms with Gasteiger partial charge in [-0.2, -0.15) is 4.98 Å². The van der Waals surface area contributed by atoms with Crippen molar-refractivity contribution in [3.05, 3.63) is 47.1 Å². The molecule has 0 spiro atoms. The lowest BCUT2D eigenvalue weighted by atomic mass is 10.1. The lowest BCUT2D eigenvalue weighted by molar-refractivity contribution is -0.130. The van der Waals surface area contributed by atoms with Crippen LogP contribution in [0.4, 0.5) is 8.78 Å². The fourth-order valence-electron chi connectivity index (χ4n) is 2.70. The number of likely N-dealkylation sites (tertiary alicyclic amines) is 1. The topological polar surface area (TPSA) is 59.2 Å². The number of nitrogens with zero attached hydrogens (tertiary/aromatic N) is 3. The standard InChI is InChI=1S/C16H17F2N3O2/c1-9(2)15-19-16(23-20-15)13-3-4-14(22)21(13)8-10-5-11(17)7-12(18)6-10/h5-7,9,13H,3-4,8H2,1-2H3. The van der Waals surface area contributed by atoms with E-state index < -0.39 is 11.6 Å². The SMILES string of the molecule is CC(C)c1noc(C2CCC(=O)N2Cc2cc(F)cc(F)c2)n1. The number of aromatic nitrogens is 2. The third-order valence-corrected chi connectivity index (χ3v) is 3.86. The summed E-state index contributed by atoms with van der Waals surface area (Å²) in [6.45, 7) is 4.00. The van der Waals surface area contributed by atoms with Crippen LogP contribution in [0.5, 0.6) is 0 Å². The number of hydrogen-bond donors (Lipinski definition) is 0. The molecule has 1 saturated heterocycles. The molecule has 1 aliphatic rings. The lowest BCUT2D eigenvalue weighted by Gasteiger charge is -2.22. The fourth-order valence-corrected chi connectivity index (χ4v) is 2.70. The predicted octanol–water partition coefficient (Wildman–Crippen LogP) is 3.33. The summed E-state index contributed by atoms with van der Waals surface area (Å²) >= 11 is 0. The molecule has 5 nitrogen and oxygen atoms in total. The van der Waals surface area contributed by atoms with Gasteiger partial charge >= 0.3 is 0 Å². The summed E-state index contributed by atoms with van der Waals surface area (Å²) in [5.74, 6) is -0.349. The lowest BCUT2D eigenvalue weighted by Crippen LogP contribution is -2.27. The Morgan fingerprint density at radius 3 is 2.61 bits per heavy atom. The van der Waals surface area contributed by atoms with Crippen molar-refractivity contribution in [3.63, 3.8) is 0 Å². The summed E-state index contributed by atoms with van der Waals surface area (Å²) < 4.78 is 31.9. The first-order valence-corrected chi connectivity index (χ1v) is 7.52. The van der Waals surface area contributed by atoms with Crippen molar-refractivity contribution in [2.24, 2.45) is 0 Å². The molecule has 3 rings (SSSR count). The van der Waals surface area contributed by atoms with E-state index in [1.807, 2.05) is 13.8 Å². The maximum atomic E-state index is 13.3. The highest BCUT2D eigenvalue weighted by Gasteiger charge is 2.36. The second-order valence-corrected chi connectivity index (χ2v) is 6.00. The molecular weight excluding hydrogens is 304 g/mol. The molecule has 2 heterocycles. The molecule has 0 N–H and O–H groups in total. The summed E-state index contributed by atoms with van der Waals surface area (Å²) in [6, 6.07) is 2.89. The summed E-state index contributed by atoms with van der Waals surface area (Å²) in [6.07, 6.45) is 0.901. The molecule has 0 bridgehead atoms. The third-order valence-electron chi connectivity index (χ3n) is 3.86. The van der Waals surface area contributed by atoms with Crippen molar-refractivity contribution >= 4 is 5.91 Å². The van der Waals surface area contributed by atoms with E-state index in [-0.39, 0.29) is 24.4 Å². The van der Waals surface area contributed by atoms with Gasteiger partial charge in [-0.15, -0.1) is 0 Å². The van der Waals surface area contributed by atoms with Gasteiger partial charge < -0.3 is 9.42 Å². The van der Waals surface area contributed by atoms with Crippen LogP contribution < -0.4 is 0 Å². The minimum atomic E-state index is -0.664. The van der Waals surface area contributed by atoms with Crippen LogP contribution in [0.15, 0.2) is 22.7 Å². The molecule has 7 heteroatoms. The summed E-state index contributed by atoms with van der Waals surface area (Å²) in [5, 5.41) is 3.91. The molecule has 2 aromatic rings. The van der Waals surface area contributed by atoms with Crippen LogP contribution in [0.25, 0.3) is 0 Å². The number of amides is 1. The number of rotatable bonds is 4. The molecule has 1 atom stereocenters. The van der Waals surface area contributed by atoms with E-state index in [1.54, 1.807) is 0 Å². The molecule has 1 unspecified atom stereocenters. The Hall–Kier alpha value is -2.31. The Bertz CT molecular complexity index is 710. The number of carbonyl (C=O) groups excluding carboxylic acids is 1. The second kappa shape index (κ2) is 6.06. The van der Waals surface area contributed by atoms with Gasteiger partial charge in [0.1, 0.15) is 17.7 Å². The van der Waals surface area contributed by atoms with Gasteiger partial charge in [-0.05, 0) is 24.1 Å². The van der Waals surface area contributed by atoms with Gasteiger partial charge in [0.15, 0.2) is 5.82 Å². The molecule has 1 amide bonds. The van der Waals surface area contributed by atoms with Gasteiger partial charge in [0.2, 0.25) is 11.8 Å². The van der Waals surface area contributed by atoms with Crippen molar-refractivity contribution in [1.29, 1.82) is 0 Å². The molecule has 0 aliphatic carbocycles. The Balaban J connectivity index is 1.84. The Kier molecular flexibility index (Phi) is 4.11. The highest BCUT2D eigenvalue weighted by atomic mass is 19.1. The quantitative estimate of drug-likeness (QED) is 0.866. The average molecular weight is 321 g/mol. The number of carbonyl (C=O) groups is 1. The van der Waals surface area contributed by atoms with E-state index in [4.69, 9.17) is 4.52 Å². The smallest absolute Gasteiger partial charge is 0.249 e. The largest absolute Gasteiger partial charge is 0.337 e. The van der Waals surface area contributed by atoms with Gasteiger partial charge in [0, 0.05) is 24.9 Å². The zero-order valence-corrected chi connectivity index (χ0v) is 12.9. The summed E-state index contributed by atoms with van der Waals surface area (Å²) in [4.78, 5) is 18.0. The maximum absolute atomic E-state index is 13.3. The van der Waals surface area contributed by atoms with Gasteiger partial charge in [-0.1, -0.05) is 19.0 Å². The van der Waals surface area contributed by atoms with Crippen LogP contribution in [-0.4, -0.2) is 20.9 Å². The van der Waals surface area contributed by atoms with E-state index >= 15 is 0 Å². The molecule has 122 valence electrons. The van der Waals surface area contributed by atoms with Crippen molar-refractivity contribution in [2.75, 3.05) is 0 Å². The van der Waals surface area contributed by atoms with Crippen LogP contribution in [0.3, 0.4) is 0 Å². The fraction of sp³-hybridized carbons (Fsp3) is 0.438. The average Bonchev–Trinajstić information content (AvgIpc) is 3.06. The van der Waals surface area contributed by atoms with Crippen molar-refractivity contribution < 1.29 is 18.1 Å². The second-order valence-electron chi connectivity index (χ2n) is 6.00. The first-order valence-electron chi connectivity index (χ1n) is 7.52. The van der Waals surface area contributed by atoms with E-state index in [2.05, 4.69) is 10.1 Å². The molecule has 1 aromatic carbocycles. The monoisotopic (exact) mass is 321 g/mol. The highest BCUT2D eigenvalue weighted by molar-refractivity contribution is 5.78. The maximum Gasteiger partial charge on any atom is 0.249 e. The predicted molar refractivity (Wildman–Crippen MR) is 77.3 cm³/mol. The van der Waals surface area contributed by atoms with E-state index in [0.29, 0.717) is 30.1 Å². The van der Waals surface area contributed by atoms with Gasteiger partial charge in [-0.25, -0.2) is 8.78 Å².